The Morgan fingerprint density at radius 1 is 0.862 bits per heavy atom. The molecule has 1 aliphatic rings. The van der Waals surface area contributed by atoms with Crippen LogP contribution in [0.1, 0.15) is 4.88 Å². The summed E-state index contributed by atoms with van der Waals surface area (Å²) in [5.41, 5.74) is 0. The predicted molar refractivity (Wildman–Crippen MR) is 99.7 cm³/mol. The summed E-state index contributed by atoms with van der Waals surface area (Å²) in [6.45, 7) is 1.63. The maximum atomic E-state index is 12.7. The molecule has 0 amide bonds. The van der Waals surface area contributed by atoms with Crippen molar-refractivity contribution in [3.63, 3.8) is 0 Å². The first-order valence-electron chi connectivity index (χ1n) is 8.32. The highest BCUT2D eigenvalue weighted by Gasteiger charge is 2.35. The SMILES string of the molecule is Cc1ccc(S(=O)(=O)N2CCN(S(=O)(=O)c3ccc(OC(F)(F)F)cc3)CC2)s1. The number of thiophene rings is 1. The van der Waals surface area contributed by atoms with Crippen molar-refractivity contribution in [2.24, 2.45) is 0 Å². The predicted octanol–water partition coefficient (Wildman–Crippen LogP) is 2.65. The van der Waals surface area contributed by atoms with Crippen LogP contribution >= 0.6 is 11.3 Å². The van der Waals surface area contributed by atoms with E-state index in [9.17, 15) is 30.0 Å². The fourth-order valence-electron chi connectivity index (χ4n) is 2.79. The number of benzene rings is 1. The van der Waals surface area contributed by atoms with E-state index in [0.717, 1.165) is 44.8 Å². The molecule has 1 aromatic heterocycles. The second-order valence-electron chi connectivity index (χ2n) is 6.19. The molecule has 0 aliphatic carbocycles. The minimum absolute atomic E-state index is 0.0201. The molecule has 7 nitrogen and oxygen atoms in total. The van der Waals surface area contributed by atoms with Gasteiger partial charge in [0, 0.05) is 31.1 Å². The van der Waals surface area contributed by atoms with Crippen molar-refractivity contribution in [2.45, 2.75) is 22.4 Å². The zero-order valence-electron chi connectivity index (χ0n) is 15.1. The summed E-state index contributed by atoms with van der Waals surface area (Å²) in [5.74, 6) is -0.529. The quantitative estimate of drug-likeness (QED) is 0.671. The van der Waals surface area contributed by atoms with Gasteiger partial charge in [0.2, 0.25) is 10.0 Å². The molecule has 160 valence electrons. The van der Waals surface area contributed by atoms with Crippen molar-refractivity contribution in [3.05, 3.63) is 41.3 Å². The topological polar surface area (TPSA) is 84.0 Å². The van der Waals surface area contributed by atoms with E-state index < -0.39 is 32.2 Å². The lowest BCUT2D eigenvalue weighted by molar-refractivity contribution is -0.274. The first-order valence-corrected chi connectivity index (χ1v) is 12.0. The minimum Gasteiger partial charge on any atom is -0.406 e. The standard InChI is InChI=1S/C16H17F3N2O5S3/c1-12-2-7-15(27-12)29(24,25)21-10-8-20(9-11-21)28(22,23)14-5-3-13(4-6-14)26-16(17,18)19/h2-7H,8-11H2,1H3. The van der Waals surface area contributed by atoms with Gasteiger partial charge in [-0.3, -0.25) is 0 Å². The van der Waals surface area contributed by atoms with Gasteiger partial charge in [0.1, 0.15) is 9.96 Å². The molecule has 1 aromatic carbocycles. The number of hydrogen-bond acceptors (Lipinski definition) is 6. The number of aryl methyl sites for hydroxylation is 1. The fourth-order valence-corrected chi connectivity index (χ4v) is 7.07. The third-order valence-corrected chi connectivity index (χ3v) is 9.48. The Hall–Kier alpha value is -1.67. The van der Waals surface area contributed by atoms with Crippen LogP contribution in [0.2, 0.25) is 0 Å². The Bertz CT molecular complexity index is 1070. The molecule has 2 heterocycles. The Morgan fingerprint density at radius 3 is 1.83 bits per heavy atom. The van der Waals surface area contributed by atoms with Crippen molar-refractivity contribution in [2.75, 3.05) is 26.2 Å². The van der Waals surface area contributed by atoms with Crippen LogP contribution < -0.4 is 4.74 Å². The molecule has 0 atom stereocenters. The lowest BCUT2D eigenvalue weighted by atomic mass is 10.3. The monoisotopic (exact) mass is 470 g/mol. The van der Waals surface area contributed by atoms with Gasteiger partial charge in [-0.15, -0.1) is 24.5 Å². The maximum Gasteiger partial charge on any atom is 0.573 e. The van der Waals surface area contributed by atoms with Crippen LogP contribution in [0.5, 0.6) is 5.75 Å². The summed E-state index contributed by atoms with van der Waals surface area (Å²) in [6, 6.07) is 7.09. The Labute approximate surface area is 170 Å². The van der Waals surface area contributed by atoms with Gasteiger partial charge in [-0.2, -0.15) is 8.61 Å². The van der Waals surface area contributed by atoms with E-state index in [1.54, 1.807) is 13.0 Å². The van der Waals surface area contributed by atoms with Crippen LogP contribution in [-0.4, -0.2) is 58.0 Å². The summed E-state index contributed by atoms with van der Waals surface area (Å²) < 4.78 is 93.6. The molecular formula is C16H17F3N2O5S3. The number of ether oxygens (including phenoxy) is 1. The summed E-state index contributed by atoms with van der Waals surface area (Å²) >= 11 is 1.14. The number of piperazine rings is 1. The molecule has 13 heteroatoms. The summed E-state index contributed by atoms with van der Waals surface area (Å²) in [5, 5.41) is 0. The van der Waals surface area contributed by atoms with E-state index in [1.807, 2.05) is 0 Å². The van der Waals surface area contributed by atoms with E-state index in [4.69, 9.17) is 0 Å². The lowest BCUT2D eigenvalue weighted by Gasteiger charge is -2.33. The molecular weight excluding hydrogens is 453 g/mol. The molecule has 0 radical (unpaired) electrons. The molecule has 3 rings (SSSR count). The molecule has 0 bridgehead atoms. The van der Waals surface area contributed by atoms with Crippen LogP contribution in [-0.2, 0) is 20.0 Å². The highest BCUT2D eigenvalue weighted by Crippen LogP contribution is 2.28. The average Bonchev–Trinajstić information content (AvgIpc) is 3.08. The zero-order valence-corrected chi connectivity index (χ0v) is 17.5. The van der Waals surface area contributed by atoms with Gasteiger partial charge >= 0.3 is 6.36 Å². The van der Waals surface area contributed by atoms with E-state index in [1.165, 1.54) is 10.4 Å². The largest absolute Gasteiger partial charge is 0.573 e. The molecule has 29 heavy (non-hydrogen) atoms. The van der Waals surface area contributed by atoms with Gasteiger partial charge in [0.05, 0.1) is 4.90 Å². The van der Waals surface area contributed by atoms with Gasteiger partial charge in [0.15, 0.2) is 0 Å². The normalized spacial score (nSPS) is 17.4. The molecule has 0 unspecified atom stereocenters. The molecule has 2 aromatic rings. The Balaban J connectivity index is 1.70. The maximum absolute atomic E-state index is 12.7. The molecule has 0 saturated carbocycles. The first-order chi connectivity index (χ1) is 13.4. The van der Waals surface area contributed by atoms with Crippen LogP contribution in [0, 0.1) is 6.92 Å². The number of sulfonamides is 2. The van der Waals surface area contributed by atoms with Gasteiger partial charge in [-0.05, 0) is 43.3 Å². The summed E-state index contributed by atoms with van der Waals surface area (Å²) in [7, 11) is -7.66. The van der Waals surface area contributed by atoms with Crippen LogP contribution in [0.15, 0.2) is 45.5 Å². The van der Waals surface area contributed by atoms with Crippen molar-refractivity contribution in [3.8, 4) is 5.75 Å². The molecule has 1 saturated heterocycles. The van der Waals surface area contributed by atoms with Gasteiger partial charge in [-0.25, -0.2) is 16.8 Å². The first kappa shape index (κ1) is 22.0. The van der Waals surface area contributed by atoms with Crippen molar-refractivity contribution < 1.29 is 34.7 Å². The summed E-state index contributed by atoms with van der Waals surface area (Å²) in [4.78, 5) is 0.653. The van der Waals surface area contributed by atoms with Crippen molar-refractivity contribution in [1.82, 2.24) is 8.61 Å². The Morgan fingerprint density at radius 2 is 1.38 bits per heavy atom. The number of nitrogens with zero attached hydrogens (tertiary/aromatic N) is 2. The third-order valence-electron chi connectivity index (χ3n) is 4.20. The Kier molecular flexibility index (Phi) is 5.98. The minimum atomic E-state index is -4.87. The third kappa shape index (κ3) is 4.91. The second kappa shape index (κ2) is 7.87. The molecule has 1 fully saturated rings. The summed E-state index contributed by atoms with van der Waals surface area (Å²) in [6.07, 6.45) is -4.87. The van der Waals surface area contributed by atoms with Gasteiger partial charge in [0.25, 0.3) is 10.0 Å². The van der Waals surface area contributed by atoms with E-state index in [2.05, 4.69) is 4.74 Å². The van der Waals surface area contributed by atoms with Crippen molar-refractivity contribution in [1.29, 1.82) is 0 Å². The van der Waals surface area contributed by atoms with Crippen LogP contribution in [0.3, 0.4) is 0 Å². The molecule has 1 aliphatic heterocycles. The number of hydrogen-bond donors (Lipinski definition) is 0. The van der Waals surface area contributed by atoms with Crippen LogP contribution in [0.25, 0.3) is 0 Å². The number of rotatable bonds is 5. The van der Waals surface area contributed by atoms with Crippen LogP contribution in [0.4, 0.5) is 13.2 Å². The zero-order chi connectivity index (χ0) is 21.4. The highest BCUT2D eigenvalue weighted by atomic mass is 32.2. The smallest absolute Gasteiger partial charge is 0.406 e. The van der Waals surface area contributed by atoms with Crippen molar-refractivity contribution >= 4 is 31.4 Å². The average molecular weight is 471 g/mol. The van der Waals surface area contributed by atoms with Gasteiger partial charge in [-0.1, -0.05) is 0 Å². The number of halogens is 3. The van der Waals surface area contributed by atoms with Gasteiger partial charge < -0.3 is 4.74 Å². The van der Waals surface area contributed by atoms with E-state index in [0.29, 0.717) is 0 Å². The molecule has 0 N–H and O–H groups in total. The number of alkyl halides is 3. The fraction of sp³-hybridized carbons (Fsp3) is 0.375. The highest BCUT2D eigenvalue weighted by molar-refractivity contribution is 7.91. The lowest BCUT2D eigenvalue weighted by Crippen LogP contribution is -2.50. The second-order valence-corrected chi connectivity index (χ2v) is 11.6. The van der Waals surface area contributed by atoms with E-state index >= 15 is 0 Å². The van der Waals surface area contributed by atoms with E-state index in [-0.39, 0.29) is 35.3 Å². The molecule has 0 spiro atoms.